The van der Waals surface area contributed by atoms with Gasteiger partial charge in [0.1, 0.15) is 0 Å². The van der Waals surface area contributed by atoms with Crippen molar-refractivity contribution in [1.82, 2.24) is 30.8 Å². The molecule has 0 saturated carbocycles. The van der Waals surface area contributed by atoms with E-state index in [1.807, 2.05) is 6.07 Å². The third kappa shape index (κ3) is 1.23. The average molecular weight is 150 g/mol. The van der Waals surface area contributed by atoms with E-state index in [-0.39, 0.29) is 0 Å². The van der Waals surface area contributed by atoms with Crippen LogP contribution >= 0.6 is 0 Å². The quantitative estimate of drug-likeness (QED) is 0.605. The highest BCUT2D eigenvalue weighted by Crippen LogP contribution is 1.97. The van der Waals surface area contributed by atoms with E-state index in [9.17, 15) is 0 Å². The van der Waals surface area contributed by atoms with Crippen LogP contribution in [0.3, 0.4) is 0 Å². The minimum Gasteiger partial charge on any atom is -0.282 e. The molecule has 0 fully saturated rings. The number of hydrogen-bond acceptors (Lipinski definition) is 4. The molecule has 0 aromatic carbocycles. The second-order valence-electron chi connectivity index (χ2n) is 2.09. The zero-order valence-corrected chi connectivity index (χ0v) is 5.65. The molecule has 0 bridgehead atoms. The Bertz CT molecular complexity index is 263. The summed E-state index contributed by atoms with van der Waals surface area (Å²) in [7, 11) is 0. The van der Waals surface area contributed by atoms with Crippen molar-refractivity contribution in [1.29, 1.82) is 0 Å². The molecule has 2 heterocycles. The van der Waals surface area contributed by atoms with Crippen LogP contribution in [0.15, 0.2) is 12.3 Å². The van der Waals surface area contributed by atoms with Crippen molar-refractivity contribution in [2.75, 3.05) is 0 Å². The fraction of sp³-hybridized carbons (Fsp3) is 0.200. The van der Waals surface area contributed by atoms with E-state index in [4.69, 9.17) is 0 Å². The number of rotatable bonds is 2. The zero-order chi connectivity index (χ0) is 7.52. The molecule has 0 aliphatic heterocycles. The normalized spacial score (nSPS) is 10.2. The van der Waals surface area contributed by atoms with Crippen LogP contribution in [-0.2, 0) is 6.42 Å². The van der Waals surface area contributed by atoms with Crippen LogP contribution in [0.5, 0.6) is 0 Å². The molecule has 0 aliphatic carbocycles. The van der Waals surface area contributed by atoms with Crippen molar-refractivity contribution in [3.05, 3.63) is 23.8 Å². The Kier molecular flexibility index (Phi) is 1.36. The largest absolute Gasteiger partial charge is 0.282 e. The monoisotopic (exact) mass is 150 g/mol. The summed E-state index contributed by atoms with van der Waals surface area (Å²) in [5.41, 5.74) is 0.978. The van der Waals surface area contributed by atoms with Crippen molar-refractivity contribution in [2.45, 2.75) is 6.42 Å². The number of aromatic amines is 2. The Morgan fingerprint density at radius 1 is 1.45 bits per heavy atom. The predicted molar refractivity (Wildman–Crippen MR) is 35.6 cm³/mol. The summed E-state index contributed by atoms with van der Waals surface area (Å²) in [5.74, 6) is 0.661. The molecule has 0 saturated heterocycles. The lowest BCUT2D eigenvalue weighted by atomic mass is 10.3. The van der Waals surface area contributed by atoms with E-state index >= 15 is 0 Å². The highest BCUT2D eigenvalue weighted by atomic mass is 15.5. The summed E-state index contributed by atoms with van der Waals surface area (Å²) in [4.78, 5) is 0. The first-order valence-electron chi connectivity index (χ1n) is 3.16. The number of nitrogens with zero attached hydrogens (tertiary/aromatic N) is 4. The first-order valence-corrected chi connectivity index (χ1v) is 3.16. The third-order valence-corrected chi connectivity index (χ3v) is 1.30. The van der Waals surface area contributed by atoms with Gasteiger partial charge in [-0.1, -0.05) is 5.21 Å². The second-order valence-corrected chi connectivity index (χ2v) is 2.09. The van der Waals surface area contributed by atoms with Crippen molar-refractivity contribution in [3.8, 4) is 0 Å². The smallest absolute Gasteiger partial charge is 0.180 e. The lowest BCUT2D eigenvalue weighted by Gasteiger charge is -1.86. The van der Waals surface area contributed by atoms with Crippen LogP contribution < -0.4 is 0 Å². The number of H-pyrrole nitrogens is 2. The maximum Gasteiger partial charge on any atom is 0.180 e. The molecule has 0 amide bonds. The Morgan fingerprint density at radius 2 is 2.45 bits per heavy atom. The van der Waals surface area contributed by atoms with Crippen molar-refractivity contribution >= 4 is 0 Å². The van der Waals surface area contributed by atoms with Gasteiger partial charge >= 0.3 is 0 Å². The Balaban J connectivity index is 2.14. The fourth-order valence-electron chi connectivity index (χ4n) is 0.811. The Hall–Kier alpha value is -1.72. The Labute approximate surface area is 62.0 Å². The van der Waals surface area contributed by atoms with Crippen LogP contribution in [-0.4, -0.2) is 30.8 Å². The van der Waals surface area contributed by atoms with E-state index in [0.29, 0.717) is 12.2 Å². The minimum absolute atomic E-state index is 0.635. The zero-order valence-electron chi connectivity index (χ0n) is 5.65. The van der Waals surface area contributed by atoms with E-state index in [1.165, 1.54) is 0 Å². The van der Waals surface area contributed by atoms with Crippen LogP contribution in [0.1, 0.15) is 11.5 Å². The second kappa shape index (κ2) is 2.49. The van der Waals surface area contributed by atoms with E-state index in [1.54, 1.807) is 6.20 Å². The van der Waals surface area contributed by atoms with Gasteiger partial charge < -0.3 is 0 Å². The van der Waals surface area contributed by atoms with Gasteiger partial charge in [0.15, 0.2) is 5.82 Å². The van der Waals surface area contributed by atoms with Crippen molar-refractivity contribution in [3.63, 3.8) is 0 Å². The summed E-state index contributed by atoms with van der Waals surface area (Å²) >= 11 is 0. The standard InChI is InChI=1S/C5H6N6/c1-2-6-7-4(1)3-5-8-10-11-9-5/h1-2H,3H2,(H,6,7)(H,8,9,10,11). The van der Waals surface area contributed by atoms with Gasteiger partial charge in [-0.2, -0.15) is 10.3 Å². The minimum atomic E-state index is 0.635. The van der Waals surface area contributed by atoms with Gasteiger partial charge in [-0.15, -0.1) is 10.2 Å². The number of hydrogen-bond donors (Lipinski definition) is 2. The highest BCUT2D eigenvalue weighted by molar-refractivity contribution is 5.04. The van der Waals surface area contributed by atoms with Crippen molar-refractivity contribution < 1.29 is 0 Å². The maximum atomic E-state index is 3.80. The molecule has 2 aromatic heterocycles. The van der Waals surface area contributed by atoms with E-state index in [0.717, 1.165) is 5.69 Å². The van der Waals surface area contributed by atoms with E-state index in [2.05, 4.69) is 30.8 Å². The molecule has 0 atom stereocenters. The average Bonchev–Trinajstić information content (AvgIpc) is 2.60. The molecule has 6 heteroatoms. The maximum absolute atomic E-state index is 3.80. The van der Waals surface area contributed by atoms with Gasteiger partial charge in [-0.3, -0.25) is 5.10 Å². The molecule has 2 N–H and O–H groups in total. The lowest BCUT2D eigenvalue weighted by Crippen LogP contribution is -1.90. The summed E-state index contributed by atoms with van der Waals surface area (Å²) in [6, 6.07) is 1.87. The van der Waals surface area contributed by atoms with Gasteiger partial charge in [-0.05, 0) is 6.07 Å². The molecule has 6 nitrogen and oxygen atoms in total. The first-order chi connectivity index (χ1) is 5.45. The summed E-state index contributed by atoms with van der Waals surface area (Å²) in [6.45, 7) is 0. The van der Waals surface area contributed by atoms with Crippen LogP contribution in [0.4, 0.5) is 0 Å². The molecule has 0 spiro atoms. The molecule has 0 radical (unpaired) electrons. The molecule has 11 heavy (non-hydrogen) atoms. The van der Waals surface area contributed by atoms with Gasteiger partial charge in [-0.25, -0.2) is 0 Å². The topological polar surface area (TPSA) is 83.1 Å². The molecule has 2 rings (SSSR count). The molecule has 0 aliphatic rings. The molecule has 2 aromatic rings. The molecule has 56 valence electrons. The van der Waals surface area contributed by atoms with Gasteiger partial charge in [0.05, 0.1) is 6.42 Å². The van der Waals surface area contributed by atoms with Crippen LogP contribution in [0, 0.1) is 0 Å². The van der Waals surface area contributed by atoms with Gasteiger partial charge in [0.25, 0.3) is 0 Å². The number of nitrogens with one attached hydrogen (secondary N) is 2. The molecular formula is C5H6N6. The van der Waals surface area contributed by atoms with Crippen molar-refractivity contribution in [2.24, 2.45) is 0 Å². The van der Waals surface area contributed by atoms with Crippen LogP contribution in [0.25, 0.3) is 0 Å². The summed E-state index contributed by atoms with van der Waals surface area (Å²) < 4.78 is 0. The summed E-state index contributed by atoms with van der Waals surface area (Å²) in [5, 5.41) is 20.0. The third-order valence-electron chi connectivity index (χ3n) is 1.30. The first kappa shape index (κ1) is 6.02. The predicted octanol–water partition coefficient (Wildman–Crippen LogP) is -0.486. The SMILES string of the molecule is c1cc(Cc2nn[nH]n2)[nH]n1. The number of tetrazole rings is 1. The molecule has 0 unspecified atom stereocenters. The van der Waals surface area contributed by atoms with Gasteiger partial charge in [0, 0.05) is 11.9 Å². The number of aromatic nitrogens is 6. The lowest BCUT2D eigenvalue weighted by molar-refractivity contribution is 0.881. The fourth-order valence-corrected chi connectivity index (χ4v) is 0.811. The summed E-state index contributed by atoms with van der Waals surface area (Å²) in [6.07, 6.45) is 2.33. The Morgan fingerprint density at radius 3 is 3.09 bits per heavy atom. The van der Waals surface area contributed by atoms with Gasteiger partial charge in [0.2, 0.25) is 0 Å². The highest BCUT2D eigenvalue weighted by Gasteiger charge is 1.99. The van der Waals surface area contributed by atoms with Crippen LogP contribution in [0.2, 0.25) is 0 Å². The van der Waals surface area contributed by atoms with E-state index < -0.39 is 0 Å². The molecular weight excluding hydrogens is 144 g/mol.